The number of benzene rings is 1. The fraction of sp³-hybridized carbons (Fsp3) is 0.467. The number of carboxylic acid groups (broad SMARTS) is 1. The minimum absolute atomic E-state index is 0.236. The molecule has 110 valence electrons. The van der Waals surface area contributed by atoms with E-state index < -0.39 is 18.1 Å². The number of aryl methyl sites for hydroxylation is 1. The van der Waals surface area contributed by atoms with E-state index >= 15 is 0 Å². The molecule has 1 unspecified atom stereocenters. The topological polar surface area (TPSA) is 75.6 Å². The average Bonchev–Trinajstić information content (AvgIpc) is 2.38. The zero-order valence-corrected chi connectivity index (χ0v) is 11.9. The Labute approximate surface area is 118 Å². The Hall–Kier alpha value is -2.04. The highest BCUT2D eigenvalue weighted by Gasteiger charge is 2.21. The van der Waals surface area contributed by atoms with E-state index in [0.717, 1.165) is 24.0 Å². The first kappa shape index (κ1) is 16.0. The second kappa shape index (κ2) is 8.19. The molecule has 0 aliphatic heterocycles. The van der Waals surface area contributed by atoms with Gasteiger partial charge in [0.1, 0.15) is 6.04 Å². The second-order valence-corrected chi connectivity index (χ2v) is 4.72. The Balaban J connectivity index is 2.56. The Kier molecular flexibility index (Phi) is 6.56. The molecule has 0 bridgehead atoms. The standard InChI is InChI=1S/C15H21NO4/c1-3-4-8-20-15(19)16-13(14(17)18)10-12-7-5-6-11(2)9-12/h5-7,9,13H,3-4,8,10H2,1-2H3,(H,16,19)(H,17,18). The lowest BCUT2D eigenvalue weighted by atomic mass is 10.0. The maximum Gasteiger partial charge on any atom is 0.407 e. The molecule has 0 fully saturated rings. The van der Waals surface area contributed by atoms with Crippen molar-refractivity contribution in [2.45, 2.75) is 39.2 Å². The fourth-order valence-corrected chi connectivity index (χ4v) is 1.77. The van der Waals surface area contributed by atoms with Gasteiger partial charge in [0.15, 0.2) is 0 Å². The number of unbranched alkanes of at least 4 members (excludes halogenated alkanes) is 1. The normalized spacial score (nSPS) is 11.7. The van der Waals surface area contributed by atoms with Crippen LogP contribution in [-0.4, -0.2) is 29.8 Å². The zero-order valence-electron chi connectivity index (χ0n) is 11.9. The van der Waals surface area contributed by atoms with Gasteiger partial charge >= 0.3 is 12.1 Å². The number of hydrogen-bond donors (Lipinski definition) is 2. The van der Waals surface area contributed by atoms with Crippen LogP contribution in [0.4, 0.5) is 4.79 Å². The number of nitrogens with one attached hydrogen (secondary N) is 1. The highest BCUT2D eigenvalue weighted by Crippen LogP contribution is 2.07. The predicted octanol–water partition coefficient (Wildman–Crippen LogP) is 2.52. The number of carbonyl (C=O) groups is 2. The molecule has 0 saturated carbocycles. The van der Waals surface area contributed by atoms with Crippen LogP contribution in [0, 0.1) is 6.92 Å². The molecule has 0 spiro atoms. The van der Waals surface area contributed by atoms with E-state index in [-0.39, 0.29) is 6.42 Å². The van der Waals surface area contributed by atoms with E-state index in [9.17, 15) is 9.59 Å². The lowest BCUT2D eigenvalue weighted by Crippen LogP contribution is -2.42. The molecule has 1 amide bonds. The van der Waals surface area contributed by atoms with Gasteiger partial charge in [-0.05, 0) is 18.9 Å². The summed E-state index contributed by atoms with van der Waals surface area (Å²) in [4.78, 5) is 22.7. The number of hydrogen-bond acceptors (Lipinski definition) is 3. The van der Waals surface area contributed by atoms with Crippen LogP contribution in [0.1, 0.15) is 30.9 Å². The van der Waals surface area contributed by atoms with Crippen molar-refractivity contribution < 1.29 is 19.4 Å². The predicted molar refractivity (Wildman–Crippen MR) is 75.7 cm³/mol. The van der Waals surface area contributed by atoms with E-state index in [2.05, 4.69) is 5.32 Å². The monoisotopic (exact) mass is 279 g/mol. The molecule has 0 heterocycles. The van der Waals surface area contributed by atoms with Crippen molar-refractivity contribution in [1.82, 2.24) is 5.32 Å². The van der Waals surface area contributed by atoms with Gasteiger partial charge < -0.3 is 15.2 Å². The fourth-order valence-electron chi connectivity index (χ4n) is 1.77. The van der Waals surface area contributed by atoms with Crippen LogP contribution in [0.2, 0.25) is 0 Å². The summed E-state index contributed by atoms with van der Waals surface area (Å²) >= 11 is 0. The maximum absolute atomic E-state index is 11.5. The average molecular weight is 279 g/mol. The van der Waals surface area contributed by atoms with E-state index in [1.165, 1.54) is 0 Å². The van der Waals surface area contributed by atoms with Crippen LogP contribution >= 0.6 is 0 Å². The van der Waals surface area contributed by atoms with Gasteiger partial charge in [0.05, 0.1) is 6.61 Å². The number of alkyl carbamates (subject to hydrolysis) is 1. The number of carbonyl (C=O) groups excluding carboxylic acids is 1. The Bertz CT molecular complexity index is 459. The first-order valence-electron chi connectivity index (χ1n) is 6.74. The third-order valence-corrected chi connectivity index (χ3v) is 2.84. The summed E-state index contributed by atoms with van der Waals surface area (Å²) in [5, 5.41) is 11.5. The van der Waals surface area contributed by atoms with Gasteiger partial charge in [0, 0.05) is 6.42 Å². The number of rotatable bonds is 7. The van der Waals surface area contributed by atoms with E-state index in [1.807, 2.05) is 38.1 Å². The molecule has 5 nitrogen and oxygen atoms in total. The van der Waals surface area contributed by atoms with Gasteiger partial charge in [-0.15, -0.1) is 0 Å². The summed E-state index contributed by atoms with van der Waals surface area (Å²) < 4.78 is 4.91. The van der Waals surface area contributed by atoms with Crippen molar-refractivity contribution in [2.24, 2.45) is 0 Å². The first-order chi connectivity index (χ1) is 9.52. The number of ether oxygens (including phenoxy) is 1. The number of aliphatic carboxylic acids is 1. The molecule has 0 aromatic heterocycles. The van der Waals surface area contributed by atoms with E-state index in [4.69, 9.17) is 9.84 Å². The van der Waals surface area contributed by atoms with Crippen molar-refractivity contribution in [3.63, 3.8) is 0 Å². The molecule has 0 saturated heterocycles. The third-order valence-electron chi connectivity index (χ3n) is 2.84. The molecule has 1 aromatic rings. The molecule has 1 atom stereocenters. The van der Waals surface area contributed by atoms with Gasteiger partial charge in [-0.3, -0.25) is 0 Å². The SMILES string of the molecule is CCCCOC(=O)NC(Cc1cccc(C)c1)C(=O)O. The summed E-state index contributed by atoms with van der Waals surface area (Å²) in [6.45, 7) is 4.23. The van der Waals surface area contributed by atoms with Crippen molar-refractivity contribution in [3.05, 3.63) is 35.4 Å². The summed E-state index contributed by atoms with van der Waals surface area (Å²) in [6.07, 6.45) is 1.24. The van der Waals surface area contributed by atoms with E-state index in [0.29, 0.717) is 6.61 Å². The van der Waals surface area contributed by atoms with Gasteiger partial charge in [-0.1, -0.05) is 43.2 Å². The van der Waals surface area contributed by atoms with Crippen LogP contribution in [0.5, 0.6) is 0 Å². The van der Waals surface area contributed by atoms with Crippen molar-refractivity contribution in [2.75, 3.05) is 6.61 Å². The zero-order chi connectivity index (χ0) is 15.0. The number of amides is 1. The Morgan fingerprint density at radius 2 is 2.15 bits per heavy atom. The van der Waals surface area contributed by atoms with Gasteiger partial charge in [-0.2, -0.15) is 0 Å². The lowest BCUT2D eigenvalue weighted by Gasteiger charge is -2.15. The molecule has 20 heavy (non-hydrogen) atoms. The molecule has 2 N–H and O–H groups in total. The van der Waals surface area contributed by atoms with Crippen LogP contribution in [0.15, 0.2) is 24.3 Å². The lowest BCUT2D eigenvalue weighted by molar-refractivity contribution is -0.139. The van der Waals surface area contributed by atoms with Gasteiger partial charge in [0.25, 0.3) is 0 Å². The van der Waals surface area contributed by atoms with Crippen molar-refractivity contribution in [1.29, 1.82) is 0 Å². The first-order valence-corrected chi connectivity index (χ1v) is 6.74. The highest BCUT2D eigenvalue weighted by molar-refractivity contribution is 5.80. The third kappa shape index (κ3) is 5.73. The minimum atomic E-state index is -1.07. The van der Waals surface area contributed by atoms with Crippen LogP contribution in [0.25, 0.3) is 0 Å². The highest BCUT2D eigenvalue weighted by atomic mass is 16.5. The summed E-state index contributed by atoms with van der Waals surface area (Å²) in [5.74, 6) is -1.07. The Morgan fingerprint density at radius 1 is 1.40 bits per heavy atom. The van der Waals surface area contributed by atoms with Crippen LogP contribution < -0.4 is 5.32 Å². The van der Waals surface area contributed by atoms with Gasteiger partial charge in [0.2, 0.25) is 0 Å². The minimum Gasteiger partial charge on any atom is -0.480 e. The summed E-state index contributed by atoms with van der Waals surface area (Å²) in [7, 11) is 0. The Morgan fingerprint density at radius 3 is 2.75 bits per heavy atom. The molecular weight excluding hydrogens is 258 g/mol. The van der Waals surface area contributed by atoms with Crippen LogP contribution in [0.3, 0.4) is 0 Å². The molecular formula is C15H21NO4. The maximum atomic E-state index is 11.5. The smallest absolute Gasteiger partial charge is 0.407 e. The molecule has 0 aliphatic carbocycles. The van der Waals surface area contributed by atoms with Crippen LogP contribution in [-0.2, 0) is 16.0 Å². The van der Waals surface area contributed by atoms with Gasteiger partial charge in [-0.25, -0.2) is 9.59 Å². The summed E-state index contributed by atoms with van der Waals surface area (Å²) in [5.41, 5.74) is 1.92. The second-order valence-electron chi connectivity index (χ2n) is 4.72. The van der Waals surface area contributed by atoms with Crippen molar-refractivity contribution in [3.8, 4) is 0 Å². The molecule has 0 radical (unpaired) electrons. The quantitative estimate of drug-likeness (QED) is 0.752. The molecule has 1 rings (SSSR count). The van der Waals surface area contributed by atoms with E-state index in [1.54, 1.807) is 0 Å². The summed E-state index contributed by atoms with van der Waals surface area (Å²) in [6, 6.07) is 6.56. The largest absolute Gasteiger partial charge is 0.480 e. The number of carboxylic acids is 1. The molecule has 1 aromatic carbocycles. The van der Waals surface area contributed by atoms with Crippen molar-refractivity contribution >= 4 is 12.1 Å². The molecule has 0 aliphatic rings. The molecule has 5 heteroatoms.